The summed E-state index contributed by atoms with van der Waals surface area (Å²) < 4.78 is 0. The Kier molecular flexibility index (Phi) is 9.47. The molecule has 8 nitrogen and oxygen atoms in total. The first kappa shape index (κ1) is 28.6. The van der Waals surface area contributed by atoms with Gasteiger partial charge in [-0.25, -0.2) is 0 Å². The second kappa shape index (κ2) is 12.6. The summed E-state index contributed by atoms with van der Waals surface area (Å²) in [6.07, 6.45) is 7.77. The zero-order valence-corrected chi connectivity index (χ0v) is 23.4. The van der Waals surface area contributed by atoms with Crippen LogP contribution >= 0.6 is 0 Å². The van der Waals surface area contributed by atoms with Crippen LogP contribution in [0.5, 0.6) is 0 Å². The van der Waals surface area contributed by atoms with E-state index in [0.717, 1.165) is 37.8 Å². The molecule has 2 unspecified atom stereocenters. The Balaban J connectivity index is 1.37. The lowest BCUT2D eigenvalue weighted by Crippen LogP contribution is -2.74. The summed E-state index contributed by atoms with van der Waals surface area (Å²) >= 11 is 0. The molecule has 1 aromatic carbocycles. The maximum atomic E-state index is 13.5. The maximum Gasteiger partial charge on any atom is 0.251 e. The van der Waals surface area contributed by atoms with Crippen LogP contribution < -0.4 is 10.6 Å². The van der Waals surface area contributed by atoms with Crippen molar-refractivity contribution in [1.29, 1.82) is 0 Å². The van der Waals surface area contributed by atoms with Crippen molar-refractivity contribution in [2.24, 2.45) is 5.92 Å². The molecule has 2 atom stereocenters. The van der Waals surface area contributed by atoms with Gasteiger partial charge in [0.15, 0.2) is 0 Å². The van der Waals surface area contributed by atoms with Gasteiger partial charge in [0.05, 0.1) is 6.10 Å². The van der Waals surface area contributed by atoms with Gasteiger partial charge >= 0.3 is 0 Å². The van der Waals surface area contributed by atoms with Gasteiger partial charge in [0.1, 0.15) is 11.6 Å². The third-order valence-corrected chi connectivity index (χ3v) is 8.76. The van der Waals surface area contributed by atoms with Crippen molar-refractivity contribution in [3.8, 4) is 0 Å². The van der Waals surface area contributed by atoms with E-state index in [4.69, 9.17) is 0 Å². The van der Waals surface area contributed by atoms with Crippen molar-refractivity contribution >= 4 is 17.7 Å². The van der Waals surface area contributed by atoms with Gasteiger partial charge in [-0.2, -0.15) is 0 Å². The van der Waals surface area contributed by atoms with Crippen LogP contribution in [0.3, 0.4) is 0 Å². The Hall–Kier alpha value is -2.45. The lowest BCUT2D eigenvalue weighted by atomic mass is 9.80. The minimum absolute atomic E-state index is 0.00408. The molecule has 3 amide bonds. The standard InChI is InChI=1S/C30H46N4O4/c1-4-5-17-34-28(37)25(26(35)21(2)3)32-29(38)30(34)15-18-33(19-16-30)20-22-11-13-23(14-12-22)27(36)31-24-9-7-6-8-10-24/h11-14,21,24-26,35H,4-10,15-20H2,1-3H3,(H,31,36)(H,32,38). The van der Waals surface area contributed by atoms with Crippen molar-refractivity contribution in [3.05, 3.63) is 35.4 Å². The number of likely N-dealkylation sites (tertiary alicyclic amines) is 1. The molecule has 210 valence electrons. The largest absolute Gasteiger partial charge is 0.390 e. The minimum atomic E-state index is -0.902. The van der Waals surface area contributed by atoms with Crippen LogP contribution in [0, 0.1) is 5.92 Å². The molecule has 0 bridgehead atoms. The molecular formula is C30H46N4O4. The van der Waals surface area contributed by atoms with E-state index in [1.54, 1.807) is 4.90 Å². The molecule has 1 aliphatic carbocycles. The summed E-state index contributed by atoms with van der Waals surface area (Å²) in [6.45, 7) is 8.47. The highest BCUT2D eigenvalue weighted by Gasteiger charge is 2.54. The topological polar surface area (TPSA) is 102 Å². The molecule has 2 saturated heterocycles. The Morgan fingerprint density at radius 2 is 1.76 bits per heavy atom. The molecule has 3 N–H and O–H groups in total. The fourth-order valence-corrected chi connectivity index (χ4v) is 6.21. The van der Waals surface area contributed by atoms with Crippen LogP contribution in [0.25, 0.3) is 0 Å². The second-order valence-corrected chi connectivity index (χ2v) is 11.8. The van der Waals surface area contributed by atoms with Crippen LogP contribution in [-0.4, -0.2) is 76.0 Å². The van der Waals surface area contributed by atoms with Crippen LogP contribution in [0.1, 0.15) is 94.5 Å². The molecule has 1 aromatic rings. The number of hydrogen-bond donors (Lipinski definition) is 3. The third kappa shape index (κ3) is 6.23. The minimum Gasteiger partial charge on any atom is -0.390 e. The average Bonchev–Trinajstić information content (AvgIpc) is 2.92. The SMILES string of the molecule is CCCCN1C(=O)C(C(O)C(C)C)NC(=O)C12CCN(Cc1ccc(C(=O)NC3CCCCC3)cc1)CC2. The summed E-state index contributed by atoms with van der Waals surface area (Å²) in [5.74, 6) is -0.414. The Bertz CT molecular complexity index is 965. The molecule has 3 fully saturated rings. The van der Waals surface area contributed by atoms with E-state index in [9.17, 15) is 19.5 Å². The Morgan fingerprint density at radius 3 is 2.37 bits per heavy atom. The zero-order valence-electron chi connectivity index (χ0n) is 23.4. The van der Waals surface area contributed by atoms with E-state index >= 15 is 0 Å². The molecule has 2 aliphatic heterocycles. The lowest BCUT2D eigenvalue weighted by molar-refractivity contribution is -0.165. The molecule has 1 spiro atoms. The number of rotatable bonds is 9. The molecule has 0 radical (unpaired) electrons. The van der Waals surface area contributed by atoms with Gasteiger partial charge in [-0.15, -0.1) is 0 Å². The molecule has 0 aromatic heterocycles. The highest BCUT2D eigenvalue weighted by molar-refractivity contribution is 6.00. The summed E-state index contributed by atoms with van der Waals surface area (Å²) in [5.41, 5.74) is 0.970. The van der Waals surface area contributed by atoms with Gasteiger partial charge in [-0.05, 0) is 55.7 Å². The van der Waals surface area contributed by atoms with Gasteiger partial charge in [-0.3, -0.25) is 19.3 Å². The molecule has 3 aliphatic rings. The predicted molar refractivity (Wildman–Crippen MR) is 147 cm³/mol. The number of carbonyl (C=O) groups excluding carboxylic acids is 3. The van der Waals surface area contributed by atoms with E-state index in [0.29, 0.717) is 44.1 Å². The molecule has 2 heterocycles. The number of aliphatic hydroxyl groups is 1. The fraction of sp³-hybridized carbons (Fsp3) is 0.700. The van der Waals surface area contributed by atoms with Crippen LogP contribution in [0.4, 0.5) is 0 Å². The summed E-state index contributed by atoms with van der Waals surface area (Å²) in [6, 6.07) is 7.25. The fourth-order valence-electron chi connectivity index (χ4n) is 6.21. The average molecular weight is 527 g/mol. The van der Waals surface area contributed by atoms with Gasteiger partial charge < -0.3 is 20.6 Å². The highest BCUT2D eigenvalue weighted by atomic mass is 16.3. The quantitative estimate of drug-likeness (QED) is 0.459. The van der Waals surface area contributed by atoms with Crippen molar-refractivity contribution in [2.75, 3.05) is 19.6 Å². The van der Waals surface area contributed by atoms with Gasteiger partial charge in [0.25, 0.3) is 5.91 Å². The number of nitrogens with zero attached hydrogens (tertiary/aromatic N) is 2. The van der Waals surface area contributed by atoms with E-state index in [1.807, 2.05) is 38.1 Å². The number of nitrogens with one attached hydrogen (secondary N) is 2. The number of benzene rings is 1. The van der Waals surface area contributed by atoms with Crippen LogP contribution in [0.2, 0.25) is 0 Å². The molecule has 8 heteroatoms. The van der Waals surface area contributed by atoms with Gasteiger partial charge in [0.2, 0.25) is 11.8 Å². The molecule has 1 saturated carbocycles. The summed E-state index contributed by atoms with van der Waals surface area (Å²) in [5, 5.41) is 16.7. The van der Waals surface area contributed by atoms with Crippen molar-refractivity contribution in [3.63, 3.8) is 0 Å². The number of hydrogen-bond acceptors (Lipinski definition) is 5. The van der Waals surface area contributed by atoms with E-state index in [2.05, 4.69) is 22.5 Å². The zero-order chi connectivity index (χ0) is 27.3. The van der Waals surface area contributed by atoms with Crippen molar-refractivity contribution in [2.45, 2.75) is 109 Å². The van der Waals surface area contributed by atoms with E-state index in [-0.39, 0.29) is 23.6 Å². The Labute approximate surface area is 227 Å². The number of carbonyl (C=O) groups is 3. The number of unbranched alkanes of at least 4 members (excludes halogenated alkanes) is 1. The first-order valence-electron chi connectivity index (χ1n) is 14.7. The van der Waals surface area contributed by atoms with Gasteiger partial charge in [0, 0.05) is 37.8 Å². The summed E-state index contributed by atoms with van der Waals surface area (Å²) in [7, 11) is 0. The first-order chi connectivity index (χ1) is 18.2. The number of amides is 3. The predicted octanol–water partition coefficient (Wildman–Crippen LogP) is 3.23. The van der Waals surface area contributed by atoms with Crippen molar-refractivity contribution < 1.29 is 19.5 Å². The highest BCUT2D eigenvalue weighted by Crippen LogP contribution is 2.35. The molecule has 4 rings (SSSR count). The van der Waals surface area contributed by atoms with Gasteiger partial charge in [-0.1, -0.05) is 58.6 Å². The smallest absolute Gasteiger partial charge is 0.251 e. The number of piperidine rings is 1. The normalized spacial score (nSPS) is 23.5. The van der Waals surface area contributed by atoms with Crippen molar-refractivity contribution in [1.82, 2.24) is 20.4 Å². The molecular weight excluding hydrogens is 480 g/mol. The maximum absolute atomic E-state index is 13.5. The number of aliphatic hydroxyl groups excluding tert-OH is 1. The number of piperazine rings is 1. The first-order valence-corrected chi connectivity index (χ1v) is 14.7. The van der Waals surface area contributed by atoms with E-state index < -0.39 is 17.7 Å². The van der Waals surface area contributed by atoms with Crippen LogP contribution in [-0.2, 0) is 16.1 Å². The van der Waals surface area contributed by atoms with Crippen LogP contribution in [0.15, 0.2) is 24.3 Å². The van der Waals surface area contributed by atoms with E-state index in [1.165, 1.54) is 19.3 Å². The monoisotopic (exact) mass is 526 g/mol. The Morgan fingerprint density at radius 1 is 1.11 bits per heavy atom. The third-order valence-electron chi connectivity index (χ3n) is 8.76. The summed E-state index contributed by atoms with van der Waals surface area (Å²) in [4.78, 5) is 43.7. The lowest BCUT2D eigenvalue weighted by Gasteiger charge is -2.52. The second-order valence-electron chi connectivity index (χ2n) is 11.8. The molecule has 38 heavy (non-hydrogen) atoms.